The van der Waals surface area contributed by atoms with Gasteiger partial charge in [-0.05, 0) is 19.8 Å². The van der Waals surface area contributed by atoms with E-state index in [-0.39, 0.29) is 0 Å². The number of aliphatic imine (C=N–C) groups is 1. The monoisotopic (exact) mass is 254 g/mol. The third kappa shape index (κ3) is 4.14. The summed E-state index contributed by atoms with van der Waals surface area (Å²) in [5, 5.41) is 3.39. The van der Waals surface area contributed by atoms with Crippen LogP contribution in [0, 0.1) is 0 Å². The lowest BCUT2D eigenvalue weighted by Gasteiger charge is -2.26. The van der Waals surface area contributed by atoms with E-state index in [4.69, 9.17) is 9.73 Å². The molecule has 0 radical (unpaired) electrons. The molecule has 2 aliphatic heterocycles. The molecule has 2 aliphatic rings. The van der Waals surface area contributed by atoms with E-state index in [1.165, 1.54) is 12.8 Å². The van der Waals surface area contributed by atoms with E-state index in [0.717, 1.165) is 65.0 Å². The molecule has 0 spiro atoms. The van der Waals surface area contributed by atoms with E-state index in [0.29, 0.717) is 0 Å². The van der Waals surface area contributed by atoms with Gasteiger partial charge in [-0.25, -0.2) is 0 Å². The molecule has 0 aromatic heterocycles. The van der Waals surface area contributed by atoms with Crippen LogP contribution in [0.25, 0.3) is 0 Å². The van der Waals surface area contributed by atoms with Crippen LogP contribution in [0.1, 0.15) is 19.8 Å². The molecule has 0 bridgehead atoms. The summed E-state index contributed by atoms with van der Waals surface area (Å²) in [5.74, 6) is 1.10. The van der Waals surface area contributed by atoms with E-state index in [2.05, 4.69) is 22.0 Å². The van der Waals surface area contributed by atoms with Crippen molar-refractivity contribution < 1.29 is 4.74 Å². The summed E-state index contributed by atoms with van der Waals surface area (Å²) in [6.07, 6.45) is 2.60. The lowest BCUT2D eigenvalue weighted by molar-refractivity contribution is 0.0394. The van der Waals surface area contributed by atoms with Crippen LogP contribution in [0.4, 0.5) is 0 Å². The topological polar surface area (TPSA) is 40.1 Å². The molecule has 5 heteroatoms. The molecular formula is C13H26N4O. The second-order valence-electron chi connectivity index (χ2n) is 4.88. The number of likely N-dealkylation sites (tertiary alicyclic amines) is 1. The van der Waals surface area contributed by atoms with Crippen LogP contribution in [-0.2, 0) is 4.74 Å². The first-order valence-corrected chi connectivity index (χ1v) is 7.23. The van der Waals surface area contributed by atoms with Crippen LogP contribution in [-0.4, -0.2) is 74.8 Å². The molecule has 0 unspecified atom stereocenters. The third-order valence-electron chi connectivity index (χ3n) is 3.52. The fraction of sp³-hybridized carbons (Fsp3) is 0.923. The largest absolute Gasteiger partial charge is 0.379 e. The van der Waals surface area contributed by atoms with Crippen molar-refractivity contribution in [1.82, 2.24) is 15.1 Å². The van der Waals surface area contributed by atoms with Crippen LogP contribution in [0.2, 0.25) is 0 Å². The Hall–Kier alpha value is -0.810. The molecule has 0 saturated carbocycles. The van der Waals surface area contributed by atoms with E-state index < -0.39 is 0 Å². The minimum atomic E-state index is 0.871. The molecule has 0 aliphatic carbocycles. The quantitative estimate of drug-likeness (QED) is 0.582. The van der Waals surface area contributed by atoms with Gasteiger partial charge < -0.3 is 15.0 Å². The summed E-state index contributed by atoms with van der Waals surface area (Å²) in [6, 6.07) is 0. The number of hydrogen-bond donors (Lipinski definition) is 1. The minimum absolute atomic E-state index is 0.871. The first-order chi connectivity index (χ1) is 8.90. The molecule has 104 valence electrons. The number of rotatable bonds is 4. The maximum Gasteiger partial charge on any atom is 0.193 e. The highest BCUT2D eigenvalue weighted by molar-refractivity contribution is 5.80. The Labute approximate surface area is 110 Å². The number of hydrogen-bond acceptors (Lipinski definition) is 3. The molecule has 18 heavy (non-hydrogen) atoms. The molecule has 1 N–H and O–H groups in total. The van der Waals surface area contributed by atoms with Crippen molar-refractivity contribution in [3.8, 4) is 0 Å². The van der Waals surface area contributed by atoms with Crippen molar-refractivity contribution >= 4 is 5.96 Å². The van der Waals surface area contributed by atoms with Crippen molar-refractivity contribution in [3.63, 3.8) is 0 Å². The van der Waals surface area contributed by atoms with Gasteiger partial charge in [0.05, 0.1) is 19.8 Å². The van der Waals surface area contributed by atoms with Crippen LogP contribution < -0.4 is 5.32 Å². The predicted octanol–water partition coefficient (Wildman–Crippen LogP) is 0.380. The first kappa shape index (κ1) is 13.6. The standard InChI is InChI=1S/C13H26N4O/c1-2-14-13(17-6-3-4-7-17)15-5-8-16-9-11-18-12-10-16/h2-12H2,1H3,(H,14,15). The minimum Gasteiger partial charge on any atom is -0.379 e. The lowest BCUT2D eigenvalue weighted by atomic mass is 10.4. The van der Waals surface area contributed by atoms with Crippen LogP contribution in [0.3, 0.4) is 0 Å². The van der Waals surface area contributed by atoms with Gasteiger partial charge in [-0.2, -0.15) is 0 Å². The molecular weight excluding hydrogens is 228 g/mol. The molecule has 5 nitrogen and oxygen atoms in total. The smallest absolute Gasteiger partial charge is 0.193 e. The fourth-order valence-corrected chi connectivity index (χ4v) is 2.48. The fourth-order valence-electron chi connectivity index (χ4n) is 2.48. The van der Waals surface area contributed by atoms with Gasteiger partial charge in [0.1, 0.15) is 0 Å². The maximum absolute atomic E-state index is 5.35. The van der Waals surface area contributed by atoms with Gasteiger partial charge in [-0.3, -0.25) is 9.89 Å². The zero-order valence-electron chi connectivity index (χ0n) is 11.5. The third-order valence-corrected chi connectivity index (χ3v) is 3.52. The van der Waals surface area contributed by atoms with Gasteiger partial charge in [-0.1, -0.05) is 0 Å². The van der Waals surface area contributed by atoms with Gasteiger partial charge in [0.2, 0.25) is 0 Å². The molecule has 2 fully saturated rings. The normalized spacial score (nSPS) is 22.5. The number of nitrogens with zero attached hydrogens (tertiary/aromatic N) is 3. The van der Waals surface area contributed by atoms with Crippen molar-refractivity contribution in [2.75, 3.05) is 59.0 Å². The molecule has 0 aromatic rings. The highest BCUT2D eigenvalue weighted by Crippen LogP contribution is 2.07. The van der Waals surface area contributed by atoms with Gasteiger partial charge in [0, 0.05) is 39.3 Å². The van der Waals surface area contributed by atoms with Gasteiger partial charge in [0.15, 0.2) is 5.96 Å². The molecule has 0 aromatic carbocycles. The summed E-state index contributed by atoms with van der Waals surface area (Å²) in [7, 11) is 0. The number of ether oxygens (including phenoxy) is 1. The molecule has 0 atom stereocenters. The van der Waals surface area contributed by atoms with Crippen molar-refractivity contribution in [2.24, 2.45) is 4.99 Å². The van der Waals surface area contributed by atoms with Crippen LogP contribution in [0.5, 0.6) is 0 Å². The zero-order chi connectivity index (χ0) is 12.6. The van der Waals surface area contributed by atoms with Gasteiger partial charge in [-0.15, -0.1) is 0 Å². The summed E-state index contributed by atoms with van der Waals surface area (Å²) in [5.41, 5.74) is 0. The zero-order valence-corrected chi connectivity index (χ0v) is 11.5. The average Bonchev–Trinajstić information content (AvgIpc) is 2.93. The van der Waals surface area contributed by atoms with Crippen molar-refractivity contribution in [2.45, 2.75) is 19.8 Å². The van der Waals surface area contributed by atoms with Crippen LogP contribution in [0.15, 0.2) is 4.99 Å². The summed E-state index contributed by atoms with van der Waals surface area (Å²) in [4.78, 5) is 9.55. The Morgan fingerprint density at radius 3 is 2.56 bits per heavy atom. The summed E-state index contributed by atoms with van der Waals surface area (Å²) < 4.78 is 5.35. The second kappa shape index (κ2) is 7.59. The number of nitrogens with one attached hydrogen (secondary N) is 1. The second-order valence-corrected chi connectivity index (χ2v) is 4.88. The Morgan fingerprint density at radius 2 is 1.89 bits per heavy atom. The molecule has 2 heterocycles. The highest BCUT2D eigenvalue weighted by Gasteiger charge is 2.15. The Balaban J connectivity index is 1.75. The summed E-state index contributed by atoms with van der Waals surface area (Å²) >= 11 is 0. The van der Waals surface area contributed by atoms with Crippen molar-refractivity contribution in [3.05, 3.63) is 0 Å². The predicted molar refractivity (Wildman–Crippen MR) is 74.0 cm³/mol. The molecule has 2 rings (SSSR count). The number of morpholine rings is 1. The van der Waals surface area contributed by atoms with Gasteiger partial charge >= 0.3 is 0 Å². The Bertz CT molecular complexity index is 258. The Kier molecular flexibility index (Phi) is 5.74. The van der Waals surface area contributed by atoms with E-state index in [1.807, 2.05) is 0 Å². The Morgan fingerprint density at radius 1 is 1.17 bits per heavy atom. The highest BCUT2D eigenvalue weighted by atomic mass is 16.5. The van der Waals surface area contributed by atoms with E-state index in [1.54, 1.807) is 0 Å². The maximum atomic E-state index is 5.35. The average molecular weight is 254 g/mol. The van der Waals surface area contributed by atoms with Crippen molar-refractivity contribution in [1.29, 1.82) is 0 Å². The molecule has 0 amide bonds. The lowest BCUT2D eigenvalue weighted by Crippen LogP contribution is -2.41. The van der Waals surface area contributed by atoms with Crippen LogP contribution >= 0.6 is 0 Å². The number of guanidine groups is 1. The first-order valence-electron chi connectivity index (χ1n) is 7.23. The summed E-state index contributed by atoms with van der Waals surface area (Å²) in [6.45, 7) is 11.2. The van der Waals surface area contributed by atoms with E-state index in [9.17, 15) is 0 Å². The van der Waals surface area contributed by atoms with Gasteiger partial charge in [0.25, 0.3) is 0 Å². The molecule has 2 saturated heterocycles. The SMILES string of the molecule is CCNC(=NCCN1CCOCC1)N1CCCC1. The van der Waals surface area contributed by atoms with E-state index >= 15 is 0 Å².